The average molecular weight is 309 g/mol. The highest BCUT2D eigenvalue weighted by Gasteiger charge is 2.14. The van der Waals surface area contributed by atoms with Gasteiger partial charge in [-0.15, -0.1) is 10.2 Å². The Morgan fingerprint density at radius 1 is 1.24 bits per heavy atom. The summed E-state index contributed by atoms with van der Waals surface area (Å²) < 4.78 is 18.3. The van der Waals surface area contributed by atoms with E-state index in [1.807, 2.05) is 13.8 Å². The topological polar surface area (TPSA) is 59.2 Å². The van der Waals surface area contributed by atoms with Gasteiger partial charge in [-0.3, -0.25) is 4.79 Å². The Morgan fingerprint density at radius 3 is 2.52 bits per heavy atom. The van der Waals surface area contributed by atoms with E-state index in [-0.39, 0.29) is 17.5 Å². The Balaban J connectivity index is 1.97. The molecule has 1 aromatic heterocycles. The van der Waals surface area contributed by atoms with E-state index in [2.05, 4.69) is 10.2 Å². The Labute approximate surface area is 126 Å². The van der Waals surface area contributed by atoms with Crippen molar-refractivity contribution in [2.24, 2.45) is 0 Å². The second-order valence-electron chi connectivity index (χ2n) is 4.23. The summed E-state index contributed by atoms with van der Waals surface area (Å²) in [6, 6.07) is 5.79. The molecule has 0 saturated heterocycles. The van der Waals surface area contributed by atoms with Crippen LogP contribution in [0.15, 0.2) is 33.9 Å². The second-order valence-corrected chi connectivity index (χ2v) is 5.16. The van der Waals surface area contributed by atoms with Crippen LogP contribution < -0.4 is 0 Å². The van der Waals surface area contributed by atoms with Crippen LogP contribution in [0.3, 0.4) is 0 Å². The maximum atomic E-state index is 12.8. The molecule has 1 aromatic carbocycles. The standard InChI is InChI=1S/C14H16FN3O2S/c1-3-18(4-2)12(19)9-21-14-17-16-13(20-14)10-5-7-11(15)8-6-10/h5-8H,3-4,9H2,1-2H3. The van der Waals surface area contributed by atoms with Crippen LogP contribution in [-0.4, -0.2) is 39.8 Å². The summed E-state index contributed by atoms with van der Waals surface area (Å²) in [6.45, 7) is 5.23. The van der Waals surface area contributed by atoms with Gasteiger partial charge in [0.15, 0.2) is 0 Å². The van der Waals surface area contributed by atoms with Crippen molar-refractivity contribution in [2.75, 3.05) is 18.8 Å². The zero-order valence-corrected chi connectivity index (χ0v) is 12.7. The van der Waals surface area contributed by atoms with Gasteiger partial charge in [-0.05, 0) is 38.1 Å². The van der Waals surface area contributed by atoms with Crippen LogP contribution in [0.4, 0.5) is 4.39 Å². The molecule has 7 heteroatoms. The summed E-state index contributed by atoms with van der Waals surface area (Å²) in [5.41, 5.74) is 0.644. The minimum Gasteiger partial charge on any atom is -0.411 e. The van der Waals surface area contributed by atoms with Gasteiger partial charge in [0.2, 0.25) is 11.8 Å². The molecule has 0 saturated carbocycles. The number of amides is 1. The number of aromatic nitrogens is 2. The third kappa shape index (κ3) is 4.04. The highest BCUT2D eigenvalue weighted by atomic mass is 32.2. The van der Waals surface area contributed by atoms with Crippen LogP contribution in [0.25, 0.3) is 11.5 Å². The van der Waals surface area contributed by atoms with Crippen LogP contribution in [0.5, 0.6) is 0 Å². The van der Waals surface area contributed by atoms with Crippen molar-refractivity contribution in [1.29, 1.82) is 0 Å². The van der Waals surface area contributed by atoms with Gasteiger partial charge in [-0.2, -0.15) is 0 Å². The van der Waals surface area contributed by atoms with Gasteiger partial charge in [-0.1, -0.05) is 11.8 Å². The van der Waals surface area contributed by atoms with E-state index in [4.69, 9.17) is 4.42 Å². The molecule has 21 heavy (non-hydrogen) atoms. The van der Waals surface area contributed by atoms with Gasteiger partial charge < -0.3 is 9.32 Å². The van der Waals surface area contributed by atoms with Gasteiger partial charge in [0.05, 0.1) is 5.75 Å². The predicted molar refractivity (Wildman–Crippen MR) is 78.3 cm³/mol. The first-order valence-electron chi connectivity index (χ1n) is 6.64. The molecule has 0 fully saturated rings. The normalized spacial score (nSPS) is 10.6. The number of benzene rings is 1. The lowest BCUT2D eigenvalue weighted by Crippen LogP contribution is -2.31. The molecule has 2 aromatic rings. The highest BCUT2D eigenvalue weighted by molar-refractivity contribution is 7.99. The van der Waals surface area contributed by atoms with Crippen molar-refractivity contribution in [3.63, 3.8) is 0 Å². The van der Waals surface area contributed by atoms with E-state index in [9.17, 15) is 9.18 Å². The first kappa shape index (κ1) is 15.5. The summed E-state index contributed by atoms with van der Waals surface area (Å²) >= 11 is 1.20. The van der Waals surface area contributed by atoms with E-state index < -0.39 is 0 Å². The number of hydrogen-bond donors (Lipinski definition) is 0. The molecule has 1 amide bonds. The quantitative estimate of drug-likeness (QED) is 0.768. The molecule has 1 heterocycles. The summed E-state index contributed by atoms with van der Waals surface area (Å²) in [7, 11) is 0. The Kier molecular flexibility index (Phi) is 5.32. The van der Waals surface area contributed by atoms with Crippen molar-refractivity contribution in [1.82, 2.24) is 15.1 Å². The fourth-order valence-corrected chi connectivity index (χ4v) is 2.43. The number of thioether (sulfide) groups is 1. The lowest BCUT2D eigenvalue weighted by Gasteiger charge is -2.17. The van der Waals surface area contributed by atoms with Crippen molar-refractivity contribution >= 4 is 17.7 Å². The Morgan fingerprint density at radius 2 is 1.90 bits per heavy atom. The minimum absolute atomic E-state index is 0.0338. The Hall–Kier alpha value is -1.89. The summed E-state index contributed by atoms with van der Waals surface area (Å²) in [5.74, 6) is 0.282. The number of carbonyl (C=O) groups is 1. The number of halogens is 1. The predicted octanol–water partition coefficient (Wildman–Crippen LogP) is 2.84. The molecule has 112 valence electrons. The zero-order chi connectivity index (χ0) is 15.2. The Bertz CT molecular complexity index is 597. The van der Waals surface area contributed by atoms with E-state index >= 15 is 0 Å². The molecular formula is C14H16FN3O2S. The van der Waals surface area contributed by atoms with E-state index in [0.29, 0.717) is 29.8 Å². The molecule has 0 aliphatic rings. The largest absolute Gasteiger partial charge is 0.411 e. The molecule has 0 radical (unpaired) electrons. The summed E-state index contributed by atoms with van der Waals surface area (Å²) in [4.78, 5) is 13.6. The van der Waals surface area contributed by atoms with Crippen LogP contribution in [0.1, 0.15) is 13.8 Å². The van der Waals surface area contributed by atoms with Crippen LogP contribution in [0.2, 0.25) is 0 Å². The smallest absolute Gasteiger partial charge is 0.277 e. The van der Waals surface area contributed by atoms with Crippen LogP contribution >= 0.6 is 11.8 Å². The first-order chi connectivity index (χ1) is 10.1. The molecule has 5 nitrogen and oxygen atoms in total. The van der Waals surface area contributed by atoms with Gasteiger partial charge in [0, 0.05) is 18.7 Å². The van der Waals surface area contributed by atoms with Crippen molar-refractivity contribution < 1.29 is 13.6 Å². The van der Waals surface area contributed by atoms with Gasteiger partial charge in [0.25, 0.3) is 5.22 Å². The molecule has 0 spiro atoms. The molecule has 0 N–H and O–H groups in total. The van der Waals surface area contributed by atoms with Gasteiger partial charge >= 0.3 is 0 Å². The van der Waals surface area contributed by atoms with Gasteiger partial charge in [-0.25, -0.2) is 4.39 Å². The number of carbonyl (C=O) groups excluding carboxylic acids is 1. The minimum atomic E-state index is -0.322. The van der Waals surface area contributed by atoms with E-state index in [1.165, 1.54) is 23.9 Å². The number of hydrogen-bond acceptors (Lipinski definition) is 5. The first-order valence-corrected chi connectivity index (χ1v) is 7.62. The highest BCUT2D eigenvalue weighted by Crippen LogP contribution is 2.23. The van der Waals surface area contributed by atoms with Crippen molar-refractivity contribution in [2.45, 2.75) is 19.1 Å². The SMILES string of the molecule is CCN(CC)C(=O)CSc1nnc(-c2ccc(F)cc2)o1. The monoisotopic (exact) mass is 309 g/mol. The van der Waals surface area contributed by atoms with E-state index in [0.717, 1.165) is 0 Å². The van der Waals surface area contributed by atoms with Crippen molar-refractivity contribution in [3.8, 4) is 11.5 Å². The maximum absolute atomic E-state index is 12.8. The summed E-state index contributed by atoms with van der Waals surface area (Å²) in [5, 5.41) is 8.10. The van der Waals surface area contributed by atoms with Gasteiger partial charge in [0.1, 0.15) is 5.82 Å². The molecule has 0 bridgehead atoms. The molecular weight excluding hydrogens is 293 g/mol. The maximum Gasteiger partial charge on any atom is 0.277 e. The van der Waals surface area contributed by atoms with Crippen LogP contribution in [-0.2, 0) is 4.79 Å². The average Bonchev–Trinajstić information content (AvgIpc) is 2.96. The number of nitrogens with zero attached hydrogens (tertiary/aromatic N) is 3. The third-order valence-corrected chi connectivity index (χ3v) is 3.74. The van der Waals surface area contributed by atoms with Crippen molar-refractivity contribution in [3.05, 3.63) is 30.1 Å². The summed E-state index contributed by atoms with van der Waals surface area (Å²) in [6.07, 6.45) is 0. The fourth-order valence-electron chi connectivity index (χ4n) is 1.77. The number of rotatable bonds is 6. The van der Waals surface area contributed by atoms with Crippen LogP contribution in [0, 0.1) is 5.82 Å². The molecule has 2 rings (SSSR count). The van der Waals surface area contributed by atoms with E-state index in [1.54, 1.807) is 17.0 Å². The lowest BCUT2D eigenvalue weighted by atomic mass is 10.2. The zero-order valence-electron chi connectivity index (χ0n) is 11.9. The second kappa shape index (κ2) is 7.21. The molecule has 0 aliphatic heterocycles. The fraction of sp³-hybridized carbons (Fsp3) is 0.357. The molecule has 0 unspecified atom stereocenters. The third-order valence-electron chi connectivity index (χ3n) is 2.93. The molecule has 0 atom stereocenters. The molecule has 0 aliphatic carbocycles. The lowest BCUT2D eigenvalue weighted by molar-refractivity contribution is -0.127.